The van der Waals surface area contributed by atoms with Crippen LogP contribution in [0, 0.1) is 0 Å². The first-order chi connectivity index (χ1) is 7.71. The molecule has 1 aromatic rings. The van der Waals surface area contributed by atoms with E-state index in [2.05, 4.69) is 0 Å². The number of aromatic amines is 1. The van der Waals surface area contributed by atoms with Crippen LogP contribution in [0.25, 0.3) is 0 Å². The topological polar surface area (TPSA) is 88.0 Å². The number of nitrogens with one attached hydrogen (secondary N) is 2. The van der Waals surface area contributed by atoms with E-state index in [1.165, 1.54) is 6.92 Å². The Morgan fingerprint density at radius 1 is 1.53 bits per heavy atom. The van der Waals surface area contributed by atoms with Crippen LogP contribution < -0.4 is 16.6 Å². The number of pyridine rings is 1. The SMILES string of the molecule is CC(N)C(=O)Nc1cc(C(F)(F)F)c[nH]c1=O. The highest BCUT2D eigenvalue weighted by atomic mass is 19.4. The van der Waals surface area contributed by atoms with Gasteiger partial charge in [-0.15, -0.1) is 0 Å². The van der Waals surface area contributed by atoms with Crippen molar-refractivity contribution in [2.45, 2.75) is 19.1 Å². The molecule has 0 aliphatic carbocycles. The van der Waals surface area contributed by atoms with Gasteiger partial charge in [0.05, 0.1) is 11.6 Å². The molecule has 17 heavy (non-hydrogen) atoms. The third-order valence-electron chi connectivity index (χ3n) is 1.90. The summed E-state index contributed by atoms with van der Waals surface area (Å²) in [6, 6.07) is -0.372. The average molecular weight is 249 g/mol. The zero-order valence-electron chi connectivity index (χ0n) is 8.76. The number of rotatable bonds is 2. The molecule has 0 aliphatic rings. The molecule has 1 atom stereocenters. The molecule has 0 saturated carbocycles. The van der Waals surface area contributed by atoms with Gasteiger partial charge in [0.1, 0.15) is 5.69 Å². The first-order valence-corrected chi connectivity index (χ1v) is 4.58. The number of amides is 1. The van der Waals surface area contributed by atoms with E-state index in [1.807, 2.05) is 10.3 Å². The molecule has 0 aromatic carbocycles. The fraction of sp³-hybridized carbons (Fsp3) is 0.333. The summed E-state index contributed by atoms with van der Waals surface area (Å²) in [4.78, 5) is 24.2. The monoisotopic (exact) mass is 249 g/mol. The predicted octanol–water partition coefficient (Wildman–Crippen LogP) is 0.679. The molecule has 94 valence electrons. The maximum absolute atomic E-state index is 12.3. The second-order valence-corrected chi connectivity index (χ2v) is 3.41. The fourth-order valence-corrected chi connectivity index (χ4v) is 0.987. The maximum atomic E-state index is 12.3. The van der Waals surface area contributed by atoms with Crippen molar-refractivity contribution in [1.29, 1.82) is 0 Å². The van der Waals surface area contributed by atoms with Gasteiger partial charge in [-0.3, -0.25) is 9.59 Å². The molecule has 0 bridgehead atoms. The van der Waals surface area contributed by atoms with Crippen molar-refractivity contribution in [2.24, 2.45) is 5.73 Å². The summed E-state index contributed by atoms with van der Waals surface area (Å²) in [6.45, 7) is 1.34. The first-order valence-electron chi connectivity index (χ1n) is 4.58. The number of carbonyl (C=O) groups excluding carboxylic acids is 1. The molecule has 1 amide bonds. The summed E-state index contributed by atoms with van der Waals surface area (Å²) >= 11 is 0. The van der Waals surface area contributed by atoms with Gasteiger partial charge in [-0.2, -0.15) is 13.2 Å². The van der Waals surface area contributed by atoms with Gasteiger partial charge >= 0.3 is 6.18 Å². The summed E-state index contributed by atoms with van der Waals surface area (Å²) in [6.07, 6.45) is -4.07. The number of hydrogen-bond acceptors (Lipinski definition) is 3. The molecule has 0 spiro atoms. The third-order valence-corrected chi connectivity index (χ3v) is 1.90. The Hall–Kier alpha value is -1.83. The second-order valence-electron chi connectivity index (χ2n) is 3.41. The maximum Gasteiger partial charge on any atom is 0.417 e. The van der Waals surface area contributed by atoms with Crippen LogP contribution in [0.3, 0.4) is 0 Å². The molecule has 5 nitrogen and oxygen atoms in total. The largest absolute Gasteiger partial charge is 0.417 e. The Kier molecular flexibility index (Phi) is 3.56. The van der Waals surface area contributed by atoms with Crippen molar-refractivity contribution in [2.75, 3.05) is 5.32 Å². The number of halogens is 3. The molecular formula is C9H10F3N3O2. The van der Waals surface area contributed by atoms with Gasteiger partial charge < -0.3 is 16.0 Å². The molecule has 1 heterocycles. The number of H-pyrrole nitrogens is 1. The fourth-order valence-electron chi connectivity index (χ4n) is 0.987. The van der Waals surface area contributed by atoms with E-state index in [0.29, 0.717) is 12.3 Å². The van der Waals surface area contributed by atoms with Gasteiger partial charge in [-0.1, -0.05) is 0 Å². The lowest BCUT2D eigenvalue weighted by atomic mass is 10.2. The highest BCUT2D eigenvalue weighted by Crippen LogP contribution is 2.29. The molecule has 0 radical (unpaired) electrons. The quantitative estimate of drug-likeness (QED) is 0.720. The molecule has 0 aliphatic heterocycles. The smallest absolute Gasteiger partial charge is 0.327 e. The Labute approximate surface area is 93.8 Å². The van der Waals surface area contributed by atoms with E-state index < -0.39 is 34.9 Å². The van der Waals surface area contributed by atoms with Crippen LogP contribution in [0.2, 0.25) is 0 Å². The summed E-state index contributed by atoms with van der Waals surface area (Å²) < 4.78 is 37.0. The van der Waals surface area contributed by atoms with E-state index in [9.17, 15) is 22.8 Å². The zero-order valence-corrected chi connectivity index (χ0v) is 8.76. The zero-order chi connectivity index (χ0) is 13.2. The van der Waals surface area contributed by atoms with Crippen molar-refractivity contribution in [3.63, 3.8) is 0 Å². The molecule has 1 aromatic heterocycles. The van der Waals surface area contributed by atoms with E-state index >= 15 is 0 Å². The number of carbonyl (C=O) groups is 1. The van der Waals surface area contributed by atoms with Gasteiger partial charge in [-0.05, 0) is 13.0 Å². The van der Waals surface area contributed by atoms with E-state index in [4.69, 9.17) is 5.73 Å². The van der Waals surface area contributed by atoms with Gasteiger partial charge in [0.15, 0.2) is 0 Å². The Balaban J connectivity index is 3.08. The molecule has 1 rings (SSSR count). The van der Waals surface area contributed by atoms with E-state index in [-0.39, 0.29) is 0 Å². The summed E-state index contributed by atoms with van der Waals surface area (Å²) in [5, 5.41) is 2.01. The van der Waals surface area contributed by atoms with Crippen LogP contribution in [-0.4, -0.2) is 16.9 Å². The highest BCUT2D eigenvalue weighted by Gasteiger charge is 2.31. The summed E-state index contributed by atoms with van der Waals surface area (Å²) in [5.41, 5.74) is 2.84. The molecule has 0 fully saturated rings. The van der Waals surface area contributed by atoms with E-state index in [1.54, 1.807) is 0 Å². The standard InChI is InChI=1S/C9H10F3N3O2/c1-4(13)7(16)15-6-2-5(9(10,11)12)3-14-8(6)17/h2-4H,13H2,1H3,(H,14,17)(H,15,16). The van der Waals surface area contributed by atoms with Crippen LogP contribution in [0.15, 0.2) is 17.1 Å². The summed E-state index contributed by atoms with van der Waals surface area (Å²) in [7, 11) is 0. The number of nitrogens with two attached hydrogens (primary N) is 1. The molecule has 1 unspecified atom stereocenters. The Morgan fingerprint density at radius 3 is 2.59 bits per heavy atom. The predicted molar refractivity (Wildman–Crippen MR) is 54.3 cm³/mol. The average Bonchev–Trinajstić information content (AvgIpc) is 2.19. The second kappa shape index (κ2) is 4.58. The van der Waals surface area contributed by atoms with Crippen LogP contribution >= 0.6 is 0 Å². The lowest BCUT2D eigenvalue weighted by Gasteiger charge is -2.10. The van der Waals surface area contributed by atoms with Crippen molar-refractivity contribution in [3.05, 3.63) is 28.2 Å². The van der Waals surface area contributed by atoms with Crippen LogP contribution in [-0.2, 0) is 11.0 Å². The minimum absolute atomic E-state index is 0.484. The van der Waals surface area contributed by atoms with Gasteiger partial charge in [0.2, 0.25) is 5.91 Å². The highest BCUT2D eigenvalue weighted by molar-refractivity contribution is 5.94. The first kappa shape index (κ1) is 13.2. The molecule has 4 N–H and O–H groups in total. The van der Waals surface area contributed by atoms with Crippen molar-refractivity contribution < 1.29 is 18.0 Å². The van der Waals surface area contributed by atoms with Gasteiger partial charge in [0.25, 0.3) is 5.56 Å². The molecule has 8 heteroatoms. The summed E-state index contributed by atoms with van der Waals surface area (Å²) in [5.74, 6) is -0.741. The Bertz CT molecular complexity index is 479. The van der Waals surface area contributed by atoms with Crippen molar-refractivity contribution >= 4 is 11.6 Å². The van der Waals surface area contributed by atoms with Gasteiger partial charge in [-0.25, -0.2) is 0 Å². The Morgan fingerprint density at radius 2 is 2.12 bits per heavy atom. The number of alkyl halides is 3. The van der Waals surface area contributed by atoms with Crippen LogP contribution in [0.4, 0.5) is 18.9 Å². The number of anilines is 1. The van der Waals surface area contributed by atoms with Crippen LogP contribution in [0.5, 0.6) is 0 Å². The number of hydrogen-bond donors (Lipinski definition) is 3. The van der Waals surface area contributed by atoms with Gasteiger partial charge in [0, 0.05) is 6.20 Å². The number of aromatic nitrogens is 1. The lowest BCUT2D eigenvalue weighted by Crippen LogP contribution is -2.34. The minimum atomic E-state index is -4.60. The normalized spacial score (nSPS) is 13.2. The van der Waals surface area contributed by atoms with Crippen molar-refractivity contribution in [1.82, 2.24) is 4.98 Å². The molecular weight excluding hydrogens is 239 g/mol. The third kappa shape index (κ3) is 3.31. The molecule has 0 saturated heterocycles. The van der Waals surface area contributed by atoms with E-state index in [0.717, 1.165) is 0 Å². The minimum Gasteiger partial charge on any atom is -0.327 e. The lowest BCUT2D eigenvalue weighted by molar-refractivity contribution is -0.137. The van der Waals surface area contributed by atoms with Crippen LogP contribution in [0.1, 0.15) is 12.5 Å². The van der Waals surface area contributed by atoms with Crippen molar-refractivity contribution in [3.8, 4) is 0 Å².